The third-order valence-electron chi connectivity index (χ3n) is 4.01. The molecule has 1 heterocycles. The Balaban J connectivity index is 1.91. The maximum atomic E-state index is 6.53. The van der Waals surface area contributed by atoms with E-state index in [9.17, 15) is 0 Å². The lowest BCUT2D eigenvalue weighted by molar-refractivity contribution is -0.00495. The van der Waals surface area contributed by atoms with E-state index in [2.05, 4.69) is 43.0 Å². The van der Waals surface area contributed by atoms with Crippen LogP contribution in [0.5, 0.6) is 0 Å². The highest BCUT2D eigenvalue weighted by molar-refractivity contribution is 5.23. The van der Waals surface area contributed by atoms with Crippen molar-refractivity contribution in [3.05, 3.63) is 35.9 Å². The molecule has 112 valence electrons. The van der Waals surface area contributed by atoms with E-state index in [0.29, 0.717) is 6.10 Å². The highest BCUT2D eigenvalue weighted by Crippen LogP contribution is 2.22. The zero-order valence-corrected chi connectivity index (χ0v) is 12.8. The fraction of sp³-hybridized carbons (Fsp3) is 0.647. The normalized spacial score (nSPS) is 23.4. The van der Waals surface area contributed by atoms with E-state index < -0.39 is 0 Å². The summed E-state index contributed by atoms with van der Waals surface area (Å²) >= 11 is 0. The molecule has 3 heteroatoms. The fourth-order valence-corrected chi connectivity index (χ4v) is 2.95. The van der Waals surface area contributed by atoms with Crippen LogP contribution >= 0.6 is 0 Å². The lowest BCUT2D eigenvalue weighted by Gasteiger charge is -2.38. The highest BCUT2D eigenvalue weighted by atomic mass is 16.5. The molecule has 0 radical (unpaired) electrons. The Bertz CT molecular complexity index is 391. The minimum Gasteiger partial charge on any atom is -0.377 e. The first-order valence-electron chi connectivity index (χ1n) is 7.80. The predicted molar refractivity (Wildman–Crippen MR) is 83.7 cm³/mol. The minimum atomic E-state index is -0.298. The van der Waals surface area contributed by atoms with Crippen molar-refractivity contribution < 1.29 is 4.74 Å². The summed E-state index contributed by atoms with van der Waals surface area (Å²) < 4.78 is 5.90. The first-order chi connectivity index (χ1) is 9.62. The van der Waals surface area contributed by atoms with E-state index in [4.69, 9.17) is 10.5 Å². The van der Waals surface area contributed by atoms with Crippen LogP contribution < -0.4 is 5.73 Å². The summed E-state index contributed by atoms with van der Waals surface area (Å²) in [6.07, 6.45) is 3.87. The van der Waals surface area contributed by atoms with Gasteiger partial charge in [-0.2, -0.15) is 0 Å². The van der Waals surface area contributed by atoms with Crippen LogP contribution in [0, 0.1) is 0 Å². The summed E-state index contributed by atoms with van der Waals surface area (Å²) in [5.41, 5.74) is 7.44. The van der Waals surface area contributed by atoms with Gasteiger partial charge in [-0.3, -0.25) is 4.90 Å². The van der Waals surface area contributed by atoms with E-state index >= 15 is 0 Å². The number of piperidine rings is 1. The molecule has 20 heavy (non-hydrogen) atoms. The molecule has 0 spiro atoms. The standard InChI is InChI=1S/C17H28N2O/c1-3-12-20-16-10-7-11-19(13-16)14-17(2,18)15-8-5-4-6-9-15/h4-6,8-9,16H,3,7,10-14,18H2,1-2H3. The topological polar surface area (TPSA) is 38.5 Å². The molecule has 1 saturated heterocycles. The van der Waals surface area contributed by atoms with Crippen molar-refractivity contribution in [1.82, 2.24) is 4.90 Å². The van der Waals surface area contributed by atoms with Crippen molar-refractivity contribution in [2.75, 3.05) is 26.2 Å². The minimum absolute atomic E-state index is 0.298. The number of rotatable bonds is 6. The molecule has 0 bridgehead atoms. The van der Waals surface area contributed by atoms with Gasteiger partial charge in [-0.15, -0.1) is 0 Å². The zero-order valence-electron chi connectivity index (χ0n) is 12.8. The van der Waals surface area contributed by atoms with E-state index in [1.54, 1.807) is 0 Å². The van der Waals surface area contributed by atoms with Gasteiger partial charge in [0.25, 0.3) is 0 Å². The summed E-state index contributed by atoms with van der Waals surface area (Å²) in [6, 6.07) is 10.4. The number of ether oxygens (including phenoxy) is 1. The summed E-state index contributed by atoms with van der Waals surface area (Å²) in [7, 11) is 0. The Morgan fingerprint density at radius 3 is 2.80 bits per heavy atom. The fourth-order valence-electron chi connectivity index (χ4n) is 2.95. The van der Waals surface area contributed by atoms with Crippen molar-refractivity contribution in [2.45, 2.75) is 44.8 Å². The number of hydrogen-bond donors (Lipinski definition) is 1. The quantitative estimate of drug-likeness (QED) is 0.868. The molecule has 3 nitrogen and oxygen atoms in total. The van der Waals surface area contributed by atoms with Gasteiger partial charge in [0.2, 0.25) is 0 Å². The van der Waals surface area contributed by atoms with Crippen molar-refractivity contribution in [2.24, 2.45) is 5.73 Å². The lowest BCUT2D eigenvalue weighted by atomic mass is 9.91. The van der Waals surface area contributed by atoms with Crippen LogP contribution in [0.1, 0.15) is 38.7 Å². The molecule has 1 aromatic rings. The number of likely N-dealkylation sites (tertiary alicyclic amines) is 1. The molecule has 1 aliphatic rings. The second-order valence-electron chi connectivity index (χ2n) is 6.15. The van der Waals surface area contributed by atoms with Crippen molar-refractivity contribution >= 4 is 0 Å². The van der Waals surface area contributed by atoms with Crippen LogP contribution in [0.2, 0.25) is 0 Å². The molecule has 2 N–H and O–H groups in total. The second-order valence-corrected chi connectivity index (χ2v) is 6.15. The number of nitrogens with two attached hydrogens (primary N) is 1. The molecule has 2 unspecified atom stereocenters. The summed E-state index contributed by atoms with van der Waals surface area (Å²) in [5, 5.41) is 0. The average molecular weight is 276 g/mol. The van der Waals surface area contributed by atoms with Gasteiger partial charge in [0.15, 0.2) is 0 Å². The van der Waals surface area contributed by atoms with Crippen LogP contribution in [0.3, 0.4) is 0 Å². The Morgan fingerprint density at radius 1 is 1.35 bits per heavy atom. The van der Waals surface area contributed by atoms with Crippen LogP contribution in [-0.2, 0) is 10.3 Å². The molecular weight excluding hydrogens is 248 g/mol. The largest absolute Gasteiger partial charge is 0.377 e. The molecule has 2 rings (SSSR count). The average Bonchev–Trinajstić information content (AvgIpc) is 2.46. The number of benzene rings is 1. The molecule has 2 atom stereocenters. The molecule has 1 aromatic carbocycles. The van der Waals surface area contributed by atoms with E-state index in [0.717, 1.165) is 32.7 Å². The third-order valence-corrected chi connectivity index (χ3v) is 4.01. The van der Waals surface area contributed by atoms with Gasteiger partial charge in [-0.05, 0) is 38.3 Å². The van der Waals surface area contributed by atoms with Gasteiger partial charge in [0.1, 0.15) is 0 Å². The van der Waals surface area contributed by atoms with Crippen LogP contribution in [-0.4, -0.2) is 37.2 Å². The highest BCUT2D eigenvalue weighted by Gasteiger charge is 2.28. The van der Waals surface area contributed by atoms with Crippen molar-refractivity contribution in [3.63, 3.8) is 0 Å². The molecule has 0 aromatic heterocycles. The monoisotopic (exact) mass is 276 g/mol. The molecule has 0 aliphatic carbocycles. The van der Waals surface area contributed by atoms with Gasteiger partial charge >= 0.3 is 0 Å². The smallest absolute Gasteiger partial charge is 0.0702 e. The van der Waals surface area contributed by atoms with Gasteiger partial charge < -0.3 is 10.5 Å². The van der Waals surface area contributed by atoms with Crippen LogP contribution in [0.15, 0.2) is 30.3 Å². The summed E-state index contributed by atoms with van der Waals surface area (Å²) in [6.45, 7) is 8.19. The molecule has 0 saturated carbocycles. The first-order valence-corrected chi connectivity index (χ1v) is 7.80. The maximum absolute atomic E-state index is 6.53. The Morgan fingerprint density at radius 2 is 2.10 bits per heavy atom. The van der Waals surface area contributed by atoms with E-state index in [1.165, 1.54) is 18.4 Å². The molecule has 1 fully saturated rings. The molecular formula is C17H28N2O. The van der Waals surface area contributed by atoms with Crippen LogP contribution in [0.25, 0.3) is 0 Å². The lowest BCUT2D eigenvalue weighted by Crippen LogP contribution is -2.50. The SMILES string of the molecule is CCCOC1CCCN(CC(C)(N)c2ccccc2)C1. The van der Waals surface area contributed by atoms with Crippen LogP contribution in [0.4, 0.5) is 0 Å². The Hall–Kier alpha value is -0.900. The van der Waals surface area contributed by atoms with Crippen molar-refractivity contribution in [3.8, 4) is 0 Å². The maximum Gasteiger partial charge on any atom is 0.0702 e. The van der Waals surface area contributed by atoms with E-state index in [-0.39, 0.29) is 5.54 Å². The van der Waals surface area contributed by atoms with Crippen molar-refractivity contribution in [1.29, 1.82) is 0 Å². The Labute approximate surface area is 123 Å². The van der Waals surface area contributed by atoms with Gasteiger partial charge in [-0.25, -0.2) is 0 Å². The molecule has 0 amide bonds. The molecule has 1 aliphatic heterocycles. The summed E-state index contributed by atoms with van der Waals surface area (Å²) in [5.74, 6) is 0. The third kappa shape index (κ3) is 4.30. The number of nitrogens with zero attached hydrogens (tertiary/aromatic N) is 1. The van der Waals surface area contributed by atoms with Gasteiger partial charge in [0.05, 0.1) is 11.6 Å². The zero-order chi connectivity index (χ0) is 14.4. The second kappa shape index (κ2) is 7.21. The van der Waals surface area contributed by atoms with Gasteiger partial charge in [0, 0.05) is 19.7 Å². The summed E-state index contributed by atoms with van der Waals surface area (Å²) in [4.78, 5) is 2.46. The van der Waals surface area contributed by atoms with Gasteiger partial charge in [-0.1, -0.05) is 37.3 Å². The Kier molecular flexibility index (Phi) is 5.58. The van der Waals surface area contributed by atoms with E-state index in [1.807, 2.05) is 6.07 Å². The number of hydrogen-bond acceptors (Lipinski definition) is 3. The first kappa shape index (κ1) is 15.5. The predicted octanol–water partition coefficient (Wildman–Crippen LogP) is 2.75.